The van der Waals surface area contributed by atoms with Gasteiger partial charge in [0, 0.05) is 0 Å². The molecular weight excluding hydrogens is 691 g/mol. The summed E-state index contributed by atoms with van der Waals surface area (Å²) in [6.45, 7) is 25.4. The Morgan fingerprint density at radius 3 is 1.60 bits per heavy atom. The summed E-state index contributed by atoms with van der Waals surface area (Å²) in [5.41, 5.74) is -0.720. The molecule has 0 aliphatic carbocycles. The number of benzene rings is 2. The van der Waals surface area contributed by atoms with Crippen molar-refractivity contribution in [2.75, 3.05) is 6.61 Å². The van der Waals surface area contributed by atoms with Crippen LogP contribution in [-0.2, 0) is 18.4 Å². The van der Waals surface area contributed by atoms with E-state index in [1.54, 1.807) is 6.08 Å². The van der Waals surface area contributed by atoms with E-state index in [2.05, 4.69) is 91.1 Å². The quantitative estimate of drug-likeness (QED) is 0.0734. The van der Waals surface area contributed by atoms with Gasteiger partial charge in [0.25, 0.3) is 8.32 Å². The van der Waals surface area contributed by atoms with Crippen LogP contribution in [-0.4, -0.2) is 52.9 Å². The summed E-state index contributed by atoms with van der Waals surface area (Å²) in [7, 11) is -5.52. The van der Waals surface area contributed by atoms with Gasteiger partial charge in [-0.25, -0.2) is 4.79 Å². The number of hydrogen-bond donors (Lipinski definition) is 1. The van der Waals surface area contributed by atoms with E-state index in [0.29, 0.717) is 0 Å². The van der Waals surface area contributed by atoms with Crippen LogP contribution in [0.2, 0.25) is 23.2 Å². The first-order valence-electron chi connectivity index (χ1n) is 20.4. The summed E-state index contributed by atoms with van der Waals surface area (Å²) in [4.78, 5) is 28.2. The second-order valence-corrected chi connectivity index (χ2v) is 27.4. The second-order valence-electron chi connectivity index (χ2n) is 18.3. The number of allylic oxidation sites excluding steroid dienone is 1. The Kier molecular flexibility index (Phi) is 18.9. The number of rotatable bonds is 22. The first-order valence-corrected chi connectivity index (χ1v) is 25.2. The number of hydrogen-bond acceptors (Lipinski definition) is 5. The highest BCUT2D eigenvalue weighted by Crippen LogP contribution is 2.39. The van der Waals surface area contributed by atoms with Crippen LogP contribution in [0.4, 0.5) is 4.79 Å². The third kappa shape index (κ3) is 15.3. The molecule has 0 bridgehead atoms. The minimum absolute atomic E-state index is 0.0726. The largest absolute Gasteiger partial charge is 0.444 e. The Hall–Kier alpha value is -2.53. The minimum atomic E-state index is -3.22. The highest BCUT2D eigenvalue weighted by molar-refractivity contribution is 6.99. The zero-order valence-corrected chi connectivity index (χ0v) is 37.6. The van der Waals surface area contributed by atoms with Crippen LogP contribution >= 0.6 is 0 Å². The van der Waals surface area contributed by atoms with Crippen molar-refractivity contribution in [1.29, 1.82) is 0 Å². The van der Waals surface area contributed by atoms with Crippen molar-refractivity contribution < 1.29 is 23.2 Å². The molecule has 2 aromatic rings. The summed E-state index contributed by atoms with van der Waals surface area (Å²) in [5.74, 6) is -0.176. The highest BCUT2D eigenvalue weighted by Gasteiger charge is 2.53. The summed E-state index contributed by atoms with van der Waals surface area (Å²) < 4.78 is 20.1. The molecule has 0 radical (unpaired) electrons. The van der Waals surface area contributed by atoms with Crippen molar-refractivity contribution >= 4 is 38.9 Å². The lowest BCUT2D eigenvalue weighted by atomic mass is 10.0. The van der Waals surface area contributed by atoms with Gasteiger partial charge in [0.1, 0.15) is 11.7 Å². The van der Waals surface area contributed by atoms with Crippen molar-refractivity contribution in [1.82, 2.24) is 5.32 Å². The van der Waals surface area contributed by atoms with Crippen LogP contribution in [0, 0.1) is 0 Å². The Labute approximate surface area is 326 Å². The molecule has 2 atom stereocenters. The van der Waals surface area contributed by atoms with Gasteiger partial charge in [-0.15, -0.1) is 0 Å². The van der Waals surface area contributed by atoms with E-state index in [4.69, 9.17) is 13.6 Å². The molecule has 53 heavy (non-hydrogen) atoms. The van der Waals surface area contributed by atoms with Crippen molar-refractivity contribution in [2.45, 2.75) is 181 Å². The van der Waals surface area contributed by atoms with E-state index >= 15 is 0 Å². The number of ketones is 1. The summed E-state index contributed by atoms with van der Waals surface area (Å²) >= 11 is 0. The van der Waals surface area contributed by atoms with E-state index in [0.717, 1.165) is 29.6 Å². The molecule has 0 fully saturated rings. The van der Waals surface area contributed by atoms with Crippen LogP contribution in [0.15, 0.2) is 72.8 Å². The number of nitrogens with one attached hydrogen (secondary N) is 1. The van der Waals surface area contributed by atoms with E-state index in [1.165, 1.54) is 51.4 Å². The van der Waals surface area contributed by atoms with Gasteiger partial charge in [-0.3, -0.25) is 4.79 Å². The lowest BCUT2D eigenvalue weighted by molar-refractivity contribution is -0.123. The van der Waals surface area contributed by atoms with Crippen LogP contribution in [0.5, 0.6) is 0 Å². The fraction of sp³-hybridized carbons (Fsp3) is 0.644. The summed E-state index contributed by atoms with van der Waals surface area (Å²) in [6.07, 6.45) is 15.5. The molecule has 8 heteroatoms. The molecule has 0 saturated carbocycles. The molecular formula is C45H75NO5Si2. The molecule has 1 amide bonds. The van der Waals surface area contributed by atoms with Crippen LogP contribution in [0.3, 0.4) is 0 Å². The third-order valence-electron chi connectivity index (χ3n) is 10.5. The molecule has 0 heterocycles. The maximum atomic E-state index is 14.7. The monoisotopic (exact) mass is 766 g/mol. The molecule has 1 N–H and O–H groups in total. The van der Waals surface area contributed by atoms with Crippen molar-refractivity contribution in [2.24, 2.45) is 0 Å². The second kappa shape index (κ2) is 21.5. The molecule has 0 aliphatic rings. The van der Waals surface area contributed by atoms with E-state index in [9.17, 15) is 9.59 Å². The topological polar surface area (TPSA) is 73.9 Å². The molecule has 0 aliphatic heterocycles. The Morgan fingerprint density at radius 2 is 1.17 bits per heavy atom. The van der Waals surface area contributed by atoms with Gasteiger partial charge in [0.2, 0.25) is 0 Å². The smallest absolute Gasteiger partial charge is 0.408 e. The molecule has 298 valence electrons. The average molecular weight is 766 g/mol. The molecule has 0 aromatic heterocycles. The van der Waals surface area contributed by atoms with Crippen molar-refractivity contribution in [3.05, 3.63) is 72.8 Å². The molecule has 0 spiro atoms. The Bertz CT molecular complexity index is 1330. The van der Waals surface area contributed by atoms with Gasteiger partial charge in [0.05, 0.1) is 12.6 Å². The fourth-order valence-corrected chi connectivity index (χ4v) is 12.1. The van der Waals surface area contributed by atoms with E-state index in [1.807, 2.05) is 63.2 Å². The summed E-state index contributed by atoms with van der Waals surface area (Å²) in [5, 5.41) is 4.75. The number of alkyl carbamates (subject to hydrolysis) is 1. The van der Waals surface area contributed by atoms with Gasteiger partial charge in [0.15, 0.2) is 14.1 Å². The first-order chi connectivity index (χ1) is 24.7. The van der Waals surface area contributed by atoms with Gasteiger partial charge in [-0.1, -0.05) is 173 Å². The number of unbranched alkanes of at least 4 members (excludes halogenated alkanes) is 10. The van der Waals surface area contributed by atoms with Gasteiger partial charge < -0.3 is 18.9 Å². The minimum Gasteiger partial charge on any atom is -0.444 e. The van der Waals surface area contributed by atoms with E-state index < -0.39 is 40.5 Å². The highest BCUT2D eigenvalue weighted by atomic mass is 28.4. The van der Waals surface area contributed by atoms with Gasteiger partial charge in [-0.05, 0) is 73.2 Å². The summed E-state index contributed by atoms with van der Waals surface area (Å²) in [6, 6.07) is 19.9. The fourth-order valence-electron chi connectivity index (χ4n) is 6.44. The van der Waals surface area contributed by atoms with Gasteiger partial charge >= 0.3 is 6.09 Å². The average Bonchev–Trinajstić information content (AvgIpc) is 3.06. The predicted octanol–water partition coefficient (Wildman–Crippen LogP) is 11.3. The Balaban J connectivity index is 2.55. The molecule has 2 aromatic carbocycles. The zero-order valence-electron chi connectivity index (χ0n) is 35.6. The van der Waals surface area contributed by atoms with Gasteiger partial charge in [-0.2, -0.15) is 0 Å². The number of ether oxygens (including phenoxy) is 1. The number of amides is 1. The van der Waals surface area contributed by atoms with Crippen molar-refractivity contribution in [3.63, 3.8) is 0 Å². The lowest BCUT2D eigenvalue weighted by Crippen LogP contribution is -2.70. The number of carbonyl (C=O) groups excluding carboxylic acids is 2. The van der Waals surface area contributed by atoms with Crippen LogP contribution in [0.1, 0.15) is 140 Å². The van der Waals surface area contributed by atoms with Crippen LogP contribution in [0.25, 0.3) is 0 Å². The molecule has 0 saturated heterocycles. The molecule has 6 nitrogen and oxygen atoms in total. The van der Waals surface area contributed by atoms with E-state index in [-0.39, 0.29) is 22.5 Å². The Morgan fingerprint density at radius 1 is 0.698 bits per heavy atom. The predicted molar refractivity (Wildman–Crippen MR) is 229 cm³/mol. The first kappa shape index (κ1) is 46.6. The maximum Gasteiger partial charge on any atom is 0.408 e. The SMILES string of the molecule is CCCCCCCCCCCC/C=C/C(=O)[C@H](O[Si](c1ccccc1)(c1ccccc1)C(C)(C)C)[C@@H](CO[Si](C)(C)C(C)(C)C)NC(=O)OC(C)(C)C. The van der Waals surface area contributed by atoms with Crippen molar-refractivity contribution in [3.8, 4) is 0 Å². The molecule has 2 rings (SSSR count). The zero-order chi connectivity index (χ0) is 39.8. The third-order valence-corrected chi connectivity index (χ3v) is 20.0. The lowest BCUT2D eigenvalue weighted by Gasteiger charge is -2.46. The standard InChI is InChI=1S/C45H75NO5Si2/c1-13-14-15-16-17-18-19-20-21-22-23-30-35-40(47)41(39(46-42(48)50-43(2,3)4)36-49-52(11,12)44(5,6)7)51-53(45(8,9)10,37-31-26-24-27-32-37)38-33-28-25-29-34-38/h24-35,39,41H,13-23,36H2,1-12H3,(H,46,48)/b35-30+/t39-,41-/m1/s1. The number of carbonyl (C=O) groups is 2. The maximum absolute atomic E-state index is 14.7. The van der Waals surface area contributed by atoms with Crippen LogP contribution < -0.4 is 15.7 Å². The normalized spacial score (nSPS) is 14.3. The molecule has 0 unspecified atom stereocenters.